The van der Waals surface area contributed by atoms with Gasteiger partial charge in [-0.05, 0) is 88.9 Å². The minimum absolute atomic E-state index is 0.00133. The molecule has 0 saturated heterocycles. The number of unbranched alkanes of at least 4 members (excludes halogenated alkanes) is 23. The molecule has 0 aliphatic rings. The Morgan fingerprint density at radius 2 is 0.684 bits per heavy atom. The van der Waals surface area contributed by atoms with Crippen molar-refractivity contribution in [3.63, 3.8) is 0 Å². The van der Waals surface area contributed by atoms with Crippen LogP contribution >= 0.6 is 0 Å². The molecule has 0 amide bonds. The first kappa shape index (κ1) is 55.4. The summed E-state index contributed by atoms with van der Waals surface area (Å²) in [5, 5.41) is 4.65. The van der Waals surface area contributed by atoms with Crippen LogP contribution in [0.4, 0.5) is 0 Å². The molecule has 0 aliphatic heterocycles. The number of rotatable bonds is 46. The first-order valence-electron chi connectivity index (χ1n) is 25.5. The molecular weight excluding hydrogens is 707 g/mol. The predicted molar refractivity (Wildman–Crippen MR) is 246 cm³/mol. The Bertz CT molecular complexity index is 818. The fraction of sp³-hybridized carbons (Fsp3) is 0.941. The molecule has 0 aromatic carbocycles. The average molecular weight is 806 g/mol. The number of oxime groups is 1. The molecule has 0 rings (SSSR count). The fourth-order valence-corrected chi connectivity index (χ4v) is 7.80. The monoisotopic (exact) mass is 806 g/mol. The van der Waals surface area contributed by atoms with E-state index >= 15 is 0 Å². The third-order valence-electron chi connectivity index (χ3n) is 11.8. The molecular formula is C51H99NO5. The van der Waals surface area contributed by atoms with Gasteiger partial charge in [-0.15, -0.1) is 0 Å². The van der Waals surface area contributed by atoms with Crippen molar-refractivity contribution in [3.8, 4) is 0 Å². The molecule has 0 fully saturated rings. The zero-order chi connectivity index (χ0) is 41.7. The zero-order valence-corrected chi connectivity index (χ0v) is 39.1. The van der Waals surface area contributed by atoms with Gasteiger partial charge < -0.3 is 14.3 Å². The molecule has 0 bridgehead atoms. The lowest BCUT2D eigenvalue weighted by atomic mass is 9.96. The minimum atomic E-state index is 0.00133. The van der Waals surface area contributed by atoms with Crippen molar-refractivity contribution in [2.24, 2.45) is 17.0 Å². The maximum atomic E-state index is 12.4. The van der Waals surface area contributed by atoms with Gasteiger partial charge in [0, 0.05) is 12.8 Å². The summed E-state index contributed by atoms with van der Waals surface area (Å²) in [6.07, 6.45) is 44.3. The van der Waals surface area contributed by atoms with E-state index in [1.54, 1.807) is 0 Å². The van der Waals surface area contributed by atoms with Crippen molar-refractivity contribution in [2.45, 2.75) is 279 Å². The maximum absolute atomic E-state index is 12.4. The average Bonchev–Trinajstić information content (AvgIpc) is 3.21. The molecule has 0 heterocycles. The van der Waals surface area contributed by atoms with E-state index < -0.39 is 0 Å². The number of carbonyl (C=O) groups excluding carboxylic acids is 2. The highest BCUT2D eigenvalue weighted by atomic mass is 16.6. The minimum Gasteiger partial charge on any atom is -0.465 e. The molecule has 2 atom stereocenters. The van der Waals surface area contributed by atoms with E-state index in [2.05, 4.69) is 39.8 Å². The normalized spacial score (nSPS) is 12.4. The molecule has 0 radical (unpaired) electrons. The van der Waals surface area contributed by atoms with E-state index in [1.807, 2.05) is 0 Å². The lowest BCUT2D eigenvalue weighted by Gasteiger charge is -2.16. The van der Waals surface area contributed by atoms with Crippen LogP contribution in [0.15, 0.2) is 5.16 Å². The van der Waals surface area contributed by atoms with Crippen molar-refractivity contribution < 1.29 is 23.9 Å². The predicted octanol–water partition coefficient (Wildman–Crippen LogP) is 16.6. The second-order valence-corrected chi connectivity index (χ2v) is 17.6. The van der Waals surface area contributed by atoms with E-state index in [4.69, 9.17) is 14.3 Å². The van der Waals surface area contributed by atoms with E-state index in [1.165, 1.54) is 179 Å². The third-order valence-corrected chi connectivity index (χ3v) is 11.8. The lowest BCUT2D eigenvalue weighted by molar-refractivity contribution is -0.146. The highest BCUT2D eigenvalue weighted by molar-refractivity contribution is 5.83. The Morgan fingerprint density at radius 3 is 1.09 bits per heavy atom. The van der Waals surface area contributed by atoms with Gasteiger partial charge in [-0.1, -0.05) is 194 Å². The largest absolute Gasteiger partial charge is 0.465 e. The van der Waals surface area contributed by atoms with Gasteiger partial charge in [0.2, 0.25) is 0 Å². The number of nitrogens with zero attached hydrogens (tertiary/aromatic N) is 1. The number of hydrogen-bond acceptors (Lipinski definition) is 6. The van der Waals surface area contributed by atoms with E-state index in [-0.39, 0.29) is 11.9 Å². The maximum Gasteiger partial charge on any atom is 0.305 e. The van der Waals surface area contributed by atoms with Crippen LogP contribution in [0.25, 0.3) is 0 Å². The van der Waals surface area contributed by atoms with Crippen LogP contribution in [0, 0.1) is 11.8 Å². The molecule has 6 nitrogen and oxygen atoms in total. The second kappa shape index (κ2) is 45.5. The topological polar surface area (TPSA) is 74.2 Å². The first-order valence-corrected chi connectivity index (χ1v) is 25.5. The summed E-state index contributed by atoms with van der Waals surface area (Å²) < 4.78 is 11.5. The van der Waals surface area contributed by atoms with Gasteiger partial charge in [0.25, 0.3) is 0 Å². The molecule has 0 N–H and O–H groups in total. The molecule has 2 unspecified atom stereocenters. The molecule has 0 spiro atoms. The third kappa shape index (κ3) is 41.0. The van der Waals surface area contributed by atoms with Gasteiger partial charge in [0.1, 0.15) is 6.61 Å². The Kier molecular flexibility index (Phi) is 44.2. The van der Waals surface area contributed by atoms with Crippen molar-refractivity contribution in [3.05, 3.63) is 0 Å². The number of carbonyl (C=O) groups is 2. The van der Waals surface area contributed by atoms with Gasteiger partial charge in [-0.3, -0.25) is 9.59 Å². The molecule has 0 aliphatic carbocycles. The van der Waals surface area contributed by atoms with Gasteiger partial charge in [-0.25, -0.2) is 0 Å². The van der Waals surface area contributed by atoms with E-state index in [9.17, 15) is 9.59 Å². The Balaban J connectivity index is 4.32. The van der Waals surface area contributed by atoms with Gasteiger partial charge in [0.15, 0.2) is 0 Å². The van der Waals surface area contributed by atoms with Crippen LogP contribution in [-0.2, 0) is 23.9 Å². The van der Waals surface area contributed by atoms with Crippen LogP contribution in [-0.4, -0.2) is 37.5 Å². The van der Waals surface area contributed by atoms with E-state index in [0.717, 1.165) is 64.4 Å². The summed E-state index contributed by atoms with van der Waals surface area (Å²) in [5.41, 5.74) is 1.23. The standard InChI is InChI=1S/C51H99NO5/c1-6-11-16-19-28-35-44-57-52-49(40-31-24-20-22-26-33-42-50(53)55-45-47(36-14-9-4)38-29-17-12-7-2)41-32-25-21-23-27-34-43-51(54)56-46-48(37-15-10-5)39-30-18-13-8-3/h47-48H,6-46H2,1-5H3. The van der Waals surface area contributed by atoms with Gasteiger partial charge >= 0.3 is 11.9 Å². The fourth-order valence-electron chi connectivity index (χ4n) is 7.80. The molecule has 57 heavy (non-hydrogen) atoms. The van der Waals surface area contributed by atoms with Crippen molar-refractivity contribution in [2.75, 3.05) is 19.8 Å². The second-order valence-electron chi connectivity index (χ2n) is 17.6. The molecule has 338 valence electrons. The van der Waals surface area contributed by atoms with Crippen molar-refractivity contribution in [1.29, 1.82) is 0 Å². The van der Waals surface area contributed by atoms with Crippen molar-refractivity contribution >= 4 is 17.7 Å². The van der Waals surface area contributed by atoms with Crippen LogP contribution in [0.2, 0.25) is 0 Å². The van der Waals surface area contributed by atoms with Crippen molar-refractivity contribution in [1.82, 2.24) is 0 Å². The molecule has 0 aromatic rings. The van der Waals surface area contributed by atoms with Crippen LogP contribution in [0.5, 0.6) is 0 Å². The molecule has 0 saturated carbocycles. The summed E-state index contributed by atoms with van der Waals surface area (Å²) in [6, 6.07) is 0. The Morgan fingerprint density at radius 1 is 0.368 bits per heavy atom. The highest BCUT2D eigenvalue weighted by Gasteiger charge is 2.13. The lowest BCUT2D eigenvalue weighted by Crippen LogP contribution is -2.14. The number of esters is 2. The quantitative estimate of drug-likeness (QED) is 0.0265. The summed E-state index contributed by atoms with van der Waals surface area (Å²) >= 11 is 0. The van der Waals surface area contributed by atoms with E-state index in [0.29, 0.717) is 37.9 Å². The molecule has 0 aromatic heterocycles. The zero-order valence-electron chi connectivity index (χ0n) is 39.1. The van der Waals surface area contributed by atoms with Gasteiger partial charge in [0.05, 0.1) is 18.9 Å². The first-order chi connectivity index (χ1) is 28.0. The summed E-state index contributed by atoms with van der Waals surface area (Å²) in [4.78, 5) is 30.7. The SMILES string of the molecule is CCCCCCCCON=C(CCCCCCCCC(=O)OCC(CCCC)CCCCCC)CCCCCCCCC(=O)OCC(CCCC)CCCCCC. The smallest absolute Gasteiger partial charge is 0.305 e. The molecule has 6 heteroatoms. The summed E-state index contributed by atoms with van der Waals surface area (Å²) in [7, 11) is 0. The van der Waals surface area contributed by atoms with Gasteiger partial charge in [-0.2, -0.15) is 0 Å². The Hall–Kier alpha value is -1.59. The summed E-state index contributed by atoms with van der Waals surface area (Å²) in [5.74, 6) is 1.08. The number of hydrogen-bond donors (Lipinski definition) is 0. The van der Waals surface area contributed by atoms with Crippen LogP contribution < -0.4 is 0 Å². The van der Waals surface area contributed by atoms with Crippen LogP contribution in [0.1, 0.15) is 279 Å². The highest BCUT2D eigenvalue weighted by Crippen LogP contribution is 2.21. The number of ether oxygens (including phenoxy) is 2. The Labute approximate surface area is 355 Å². The summed E-state index contributed by atoms with van der Waals surface area (Å²) in [6.45, 7) is 13.2. The van der Waals surface area contributed by atoms with Crippen LogP contribution in [0.3, 0.4) is 0 Å².